The molecule has 0 radical (unpaired) electrons. The van der Waals surface area contributed by atoms with E-state index in [2.05, 4.69) is 22.5 Å². The molecule has 0 amide bonds. The number of rotatable bonds is 6. The number of hydrogen-bond acceptors (Lipinski definition) is 3. The lowest BCUT2D eigenvalue weighted by molar-refractivity contribution is 0.370. The maximum atomic E-state index is 5.89. The van der Waals surface area contributed by atoms with E-state index in [9.17, 15) is 0 Å². The van der Waals surface area contributed by atoms with Gasteiger partial charge in [0.05, 0.1) is 12.8 Å². The molecule has 3 rings (SSSR count). The summed E-state index contributed by atoms with van der Waals surface area (Å²) >= 11 is 5.89. The van der Waals surface area contributed by atoms with Crippen LogP contribution in [0.15, 0.2) is 65.8 Å². The quantitative estimate of drug-likeness (QED) is 0.400. The number of hydrogen-bond donors (Lipinski definition) is 1. The summed E-state index contributed by atoms with van der Waals surface area (Å²) in [7, 11) is 0. The van der Waals surface area contributed by atoms with Gasteiger partial charge in [-0.3, -0.25) is 0 Å². The van der Waals surface area contributed by atoms with Gasteiger partial charge in [-0.15, -0.1) is 6.42 Å². The highest BCUT2D eigenvalue weighted by Crippen LogP contribution is 2.26. The van der Waals surface area contributed by atoms with E-state index in [0.29, 0.717) is 12.3 Å². The van der Waals surface area contributed by atoms with Gasteiger partial charge in [0.1, 0.15) is 12.4 Å². The number of nitrogens with one attached hydrogen (secondary N) is 1. The third-order valence-electron chi connectivity index (χ3n) is 3.72. The molecule has 0 heterocycles. The maximum absolute atomic E-state index is 5.89. The molecule has 0 spiro atoms. The fraction of sp³-hybridized carbons (Fsp3) is 0.0952. The molecule has 124 valence electrons. The zero-order valence-electron chi connectivity index (χ0n) is 13.6. The molecule has 0 atom stereocenters. The molecule has 0 fully saturated rings. The Kier molecular flexibility index (Phi) is 5.56. The van der Waals surface area contributed by atoms with Gasteiger partial charge in [-0.25, -0.2) is 0 Å². The lowest BCUT2D eigenvalue weighted by Crippen LogP contribution is -2.06. The number of ether oxygens (including phenoxy) is 1. The van der Waals surface area contributed by atoms with Crippen molar-refractivity contribution < 1.29 is 4.74 Å². The number of nitrogens with zero attached hydrogens (tertiary/aromatic N) is 1. The second kappa shape index (κ2) is 8.23. The average molecular weight is 349 g/mol. The van der Waals surface area contributed by atoms with Crippen molar-refractivity contribution in [1.82, 2.24) is 5.43 Å². The molecule has 0 saturated carbocycles. The van der Waals surface area contributed by atoms with Crippen LogP contribution in [0.2, 0.25) is 5.02 Å². The van der Waals surface area contributed by atoms with Crippen molar-refractivity contribution in [2.45, 2.75) is 6.54 Å². The SMILES string of the molecule is C#CCOc1ccc2ccccc2c1/C=N\NCc1ccc(Cl)cc1. The molecule has 0 bridgehead atoms. The highest BCUT2D eigenvalue weighted by Gasteiger charge is 2.06. The van der Waals surface area contributed by atoms with Crippen LogP contribution in [0.3, 0.4) is 0 Å². The second-order valence-corrected chi connectivity index (χ2v) is 5.85. The van der Waals surface area contributed by atoms with Gasteiger partial charge in [-0.2, -0.15) is 5.10 Å². The van der Waals surface area contributed by atoms with Crippen LogP contribution in [0.4, 0.5) is 0 Å². The summed E-state index contributed by atoms with van der Waals surface area (Å²) in [6.45, 7) is 0.830. The molecule has 0 aliphatic heterocycles. The van der Waals surface area contributed by atoms with Crippen molar-refractivity contribution in [3.63, 3.8) is 0 Å². The molecule has 0 aliphatic rings. The summed E-state index contributed by atoms with van der Waals surface area (Å²) in [5.41, 5.74) is 5.05. The van der Waals surface area contributed by atoms with E-state index < -0.39 is 0 Å². The number of halogens is 1. The molecule has 0 saturated heterocycles. The number of fused-ring (bicyclic) bond motifs is 1. The van der Waals surface area contributed by atoms with Crippen LogP contribution in [0.25, 0.3) is 10.8 Å². The van der Waals surface area contributed by atoms with Gasteiger partial charge in [0, 0.05) is 10.6 Å². The Morgan fingerprint density at radius 3 is 2.68 bits per heavy atom. The van der Waals surface area contributed by atoms with Gasteiger partial charge >= 0.3 is 0 Å². The first kappa shape index (κ1) is 16.9. The lowest BCUT2D eigenvalue weighted by atomic mass is 10.0. The van der Waals surface area contributed by atoms with E-state index in [1.807, 2.05) is 54.6 Å². The summed E-state index contributed by atoms with van der Waals surface area (Å²) < 4.78 is 5.65. The van der Waals surface area contributed by atoms with Crippen molar-refractivity contribution in [3.05, 3.63) is 76.8 Å². The van der Waals surface area contributed by atoms with Crippen LogP contribution in [-0.2, 0) is 6.54 Å². The molecule has 0 unspecified atom stereocenters. The number of hydrazone groups is 1. The Morgan fingerprint density at radius 1 is 1.08 bits per heavy atom. The van der Waals surface area contributed by atoms with Crippen molar-refractivity contribution in [2.24, 2.45) is 5.10 Å². The summed E-state index contributed by atoms with van der Waals surface area (Å²) in [5, 5.41) is 7.24. The van der Waals surface area contributed by atoms with Gasteiger partial charge in [-0.05, 0) is 34.5 Å². The van der Waals surface area contributed by atoms with E-state index in [1.165, 1.54) is 0 Å². The molecule has 1 N–H and O–H groups in total. The Bertz CT molecular complexity index is 927. The van der Waals surface area contributed by atoms with E-state index >= 15 is 0 Å². The Balaban J connectivity index is 1.80. The van der Waals surface area contributed by atoms with Crippen LogP contribution >= 0.6 is 11.6 Å². The van der Waals surface area contributed by atoms with Gasteiger partial charge < -0.3 is 10.2 Å². The predicted octanol–water partition coefficient (Wildman–Crippen LogP) is 4.63. The smallest absolute Gasteiger partial charge is 0.148 e. The maximum Gasteiger partial charge on any atom is 0.148 e. The lowest BCUT2D eigenvalue weighted by Gasteiger charge is -2.10. The first-order valence-corrected chi connectivity index (χ1v) is 8.24. The minimum atomic E-state index is 0.220. The fourth-order valence-electron chi connectivity index (χ4n) is 2.50. The Morgan fingerprint density at radius 2 is 1.88 bits per heavy atom. The zero-order valence-corrected chi connectivity index (χ0v) is 14.3. The third-order valence-corrected chi connectivity index (χ3v) is 3.98. The van der Waals surface area contributed by atoms with Gasteiger partial charge in [0.2, 0.25) is 0 Å². The first-order valence-electron chi connectivity index (χ1n) is 7.86. The van der Waals surface area contributed by atoms with Gasteiger partial charge in [0.15, 0.2) is 0 Å². The highest BCUT2D eigenvalue weighted by atomic mass is 35.5. The average Bonchev–Trinajstić information content (AvgIpc) is 2.65. The minimum Gasteiger partial charge on any atom is -0.480 e. The molecular formula is C21H17ClN2O. The van der Waals surface area contributed by atoms with Crippen LogP contribution < -0.4 is 10.2 Å². The standard InChI is InChI=1S/C21H17ClN2O/c1-2-13-25-21-12-9-17-5-3-4-6-19(17)20(21)15-24-23-14-16-7-10-18(22)11-8-16/h1,3-12,15,23H,13-14H2/b24-15-. The van der Waals surface area contributed by atoms with E-state index in [4.69, 9.17) is 22.8 Å². The van der Waals surface area contributed by atoms with Gasteiger partial charge in [0.25, 0.3) is 0 Å². The molecule has 4 heteroatoms. The highest BCUT2D eigenvalue weighted by molar-refractivity contribution is 6.30. The fourth-order valence-corrected chi connectivity index (χ4v) is 2.63. The van der Waals surface area contributed by atoms with Crippen LogP contribution in [-0.4, -0.2) is 12.8 Å². The summed E-state index contributed by atoms with van der Waals surface area (Å²) in [4.78, 5) is 0. The summed E-state index contributed by atoms with van der Waals surface area (Å²) in [5.74, 6) is 3.21. The molecule has 0 aromatic heterocycles. The zero-order chi connectivity index (χ0) is 17.5. The normalized spacial score (nSPS) is 10.7. The Labute approximate surface area is 152 Å². The van der Waals surface area contributed by atoms with E-state index in [1.54, 1.807) is 6.21 Å². The molecule has 3 aromatic carbocycles. The number of terminal acetylenes is 1. The first-order chi connectivity index (χ1) is 12.3. The van der Waals surface area contributed by atoms with Crippen molar-refractivity contribution >= 4 is 28.6 Å². The van der Waals surface area contributed by atoms with Crippen LogP contribution in [0, 0.1) is 12.3 Å². The van der Waals surface area contributed by atoms with E-state index in [0.717, 1.165) is 26.9 Å². The summed E-state index contributed by atoms with van der Waals surface area (Å²) in [6, 6.07) is 19.7. The molecule has 25 heavy (non-hydrogen) atoms. The van der Waals surface area contributed by atoms with E-state index in [-0.39, 0.29) is 6.61 Å². The van der Waals surface area contributed by atoms with Crippen molar-refractivity contribution in [1.29, 1.82) is 0 Å². The number of benzene rings is 3. The third kappa shape index (κ3) is 4.32. The Hall–Kier alpha value is -2.96. The largest absolute Gasteiger partial charge is 0.480 e. The molecular weight excluding hydrogens is 332 g/mol. The molecule has 3 nitrogen and oxygen atoms in total. The van der Waals surface area contributed by atoms with Crippen LogP contribution in [0.1, 0.15) is 11.1 Å². The molecule has 0 aliphatic carbocycles. The van der Waals surface area contributed by atoms with Crippen molar-refractivity contribution in [2.75, 3.05) is 6.61 Å². The second-order valence-electron chi connectivity index (χ2n) is 5.41. The van der Waals surface area contributed by atoms with Crippen molar-refractivity contribution in [3.8, 4) is 18.1 Å². The minimum absolute atomic E-state index is 0.220. The molecule has 3 aromatic rings. The summed E-state index contributed by atoms with van der Waals surface area (Å²) in [6.07, 6.45) is 7.07. The monoisotopic (exact) mass is 348 g/mol. The predicted molar refractivity (Wildman–Crippen MR) is 104 cm³/mol. The topological polar surface area (TPSA) is 33.6 Å². The van der Waals surface area contributed by atoms with Gasteiger partial charge in [-0.1, -0.05) is 60.0 Å². The van der Waals surface area contributed by atoms with Crippen LogP contribution in [0.5, 0.6) is 5.75 Å².